The molecule has 0 aromatic heterocycles. The van der Waals surface area contributed by atoms with Gasteiger partial charge in [0, 0.05) is 18.1 Å². The van der Waals surface area contributed by atoms with Crippen LogP contribution in [0, 0.1) is 0 Å². The number of amides is 1. The first-order valence-electron chi connectivity index (χ1n) is 7.19. The SMILES string of the molecule is CCCNC(=O)CNC(=NCc1ccccc1Cl)NCC.I. The van der Waals surface area contributed by atoms with Gasteiger partial charge in [0.05, 0.1) is 13.1 Å². The summed E-state index contributed by atoms with van der Waals surface area (Å²) in [6.07, 6.45) is 0.923. The standard InChI is InChI=1S/C15H23ClN4O.HI/c1-3-9-18-14(21)11-20-15(17-4-2)19-10-12-7-5-6-8-13(12)16;/h5-8H,3-4,9-11H2,1-2H3,(H,18,21)(H2,17,19,20);1H. The van der Waals surface area contributed by atoms with E-state index in [4.69, 9.17) is 11.6 Å². The number of aliphatic imine (C=N–C) groups is 1. The molecule has 0 aliphatic heterocycles. The van der Waals surface area contributed by atoms with E-state index < -0.39 is 0 Å². The van der Waals surface area contributed by atoms with Crippen LogP contribution in [0.1, 0.15) is 25.8 Å². The minimum Gasteiger partial charge on any atom is -0.357 e. The molecular formula is C15H24ClIN4O. The van der Waals surface area contributed by atoms with E-state index in [1.165, 1.54) is 0 Å². The molecule has 1 aromatic carbocycles. The maximum Gasteiger partial charge on any atom is 0.239 e. The third kappa shape index (κ3) is 8.43. The highest BCUT2D eigenvalue weighted by atomic mass is 127. The molecule has 1 aromatic rings. The van der Waals surface area contributed by atoms with Crippen molar-refractivity contribution in [1.82, 2.24) is 16.0 Å². The highest BCUT2D eigenvalue weighted by molar-refractivity contribution is 14.0. The van der Waals surface area contributed by atoms with Crippen molar-refractivity contribution in [3.63, 3.8) is 0 Å². The Morgan fingerprint density at radius 1 is 1.18 bits per heavy atom. The Bertz CT molecular complexity index is 482. The molecule has 0 radical (unpaired) electrons. The van der Waals surface area contributed by atoms with Gasteiger partial charge in [-0.25, -0.2) is 4.99 Å². The number of nitrogens with zero attached hydrogens (tertiary/aromatic N) is 1. The third-order valence-corrected chi connectivity index (χ3v) is 3.07. The summed E-state index contributed by atoms with van der Waals surface area (Å²) in [6, 6.07) is 7.58. The van der Waals surface area contributed by atoms with Crippen LogP contribution in [-0.4, -0.2) is 31.5 Å². The number of halogens is 2. The zero-order chi connectivity index (χ0) is 15.5. The van der Waals surface area contributed by atoms with Crippen LogP contribution in [0.15, 0.2) is 29.3 Å². The highest BCUT2D eigenvalue weighted by Crippen LogP contribution is 2.15. The molecule has 0 spiro atoms. The molecule has 5 nitrogen and oxygen atoms in total. The number of hydrogen-bond acceptors (Lipinski definition) is 2. The normalized spacial score (nSPS) is 10.6. The molecule has 0 fully saturated rings. The average Bonchev–Trinajstić information content (AvgIpc) is 2.49. The number of carbonyl (C=O) groups is 1. The van der Waals surface area contributed by atoms with Crippen molar-refractivity contribution in [2.75, 3.05) is 19.6 Å². The van der Waals surface area contributed by atoms with Crippen LogP contribution in [0.3, 0.4) is 0 Å². The van der Waals surface area contributed by atoms with Gasteiger partial charge >= 0.3 is 0 Å². The molecule has 7 heteroatoms. The van der Waals surface area contributed by atoms with Crippen LogP contribution in [0.4, 0.5) is 0 Å². The predicted octanol–water partition coefficient (Wildman–Crippen LogP) is 2.54. The van der Waals surface area contributed by atoms with E-state index in [9.17, 15) is 4.79 Å². The van der Waals surface area contributed by atoms with Crippen molar-refractivity contribution in [2.24, 2.45) is 4.99 Å². The van der Waals surface area contributed by atoms with Crippen LogP contribution in [0.2, 0.25) is 5.02 Å². The Hall–Kier alpha value is -1.02. The number of benzene rings is 1. The first-order chi connectivity index (χ1) is 10.2. The van der Waals surface area contributed by atoms with Crippen molar-refractivity contribution >= 4 is 47.4 Å². The summed E-state index contributed by atoms with van der Waals surface area (Å²) in [5.74, 6) is 0.560. The Morgan fingerprint density at radius 3 is 2.55 bits per heavy atom. The maximum atomic E-state index is 11.6. The molecule has 0 saturated carbocycles. The van der Waals surface area contributed by atoms with Crippen LogP contribution >= 0.6 is 35.6 Å². The van der Waals surface area contributed by atoms with E-state index in [1.54, 1.807) is 0 Å². The number of hydrogen-bond donors (Lipinski definition) is 3. The molecular weight excluding hydrogens is 415 g/mol. The lowest BCUT2D eigenvalue weighted by Gasteiger charge is -2.11. The molecule has 0 saturated heterocycles. The van der Waals surface area contributed by atoms with Gasteiger partial charge in [-0.2, -0.15) is 0 Å². The van der Waals surface area contributed by atoms with Crippen LogP contribution < -0.4 is 16.0 Å². The molecule has 3 N–H and O–H groups in total. The molecule has 0 aliphatic carbocycles. The van der Waals surface area contributed by atoms with E-state index in [-0.39, 0.29) is 36.4 Å². The molecule has 1 amide bonds. The molecule has 22 heavy (non-hydrogen) atoms. The Balaban J connectivity index is 0.00000441. The Labute approximate surface area is 154 Å². The molecule has 124 valence electrons. The minimum atomic E-state index is -0.0415. The van der Waals surface area contributed by atoms with E-state index in [1.807, 2.05) is 38.1 Å². The molecule has 1 rings (SSSR count). The van der Waals surface area contributed by atoms with Gasteiger partial charge in [-0.3, -0.25) is 4.79 Å². The second-order valence-corrected chi connectivity index (χ2v) is 4.90. The van der Waals surface area contributed by atoms with Crippen LogP contribution in [0.5, 0.6) is 0 Å². The van der Waals surface area contributed by atoms with Gasteiger partial charge in [0.1, 0.15) is 0 Å². The Morgan fingerprint density at radius 2 is 1.91 bits per heavy atom. The molecule has 0 heterocycles. The van der Waals surface area contributed by atoms with Gasteiger partial charge in [0.15, 0.2) is 5.96 Å². The fourth-order valence-electron chi connectivity index (χ4n) is 1.62. The predicted molar refractivity (Wildman–Crippen MR) is 103 cm³/mol. The summed E-state index contributed by atoms with van der Waals surface area (Å²) >= 11 is 6.10. The molecule has 0 bridgehead atoms. The van der Waals surface area contributed by atoms with Gasteiger partial charge in [0.2, 0.25) is 5.91 Å². The van der Waals surface area contributed by atoms with Crippen LogP contribution in [-0.2, 0) is 11.3 Å². The summed E-state index contributed by atoms with van der Waals surface area (Å²) in [7, 11) is 0. The smallest absolute Gasteiger partial charge is 0.239 e. The monoisotopic (exact) mass is 438 g/mol. The maximum absolute atomic E-state index is 11.6. The zero-order valence-electron chi connectivity index (χ0n) is 13.0. The van der Waals surface area contributed by atoms with Gasteiger partial charge in [-0.15, -0.1) is 24.0 Å². The molecule has 0 aliphatic rings. The largest absolute Gasteiger partial charge is 0.357 e. The van der Waals surface area contributed by atoms with Crippen LogP contribution in [0.25, 0.3) is 0 Å². The number of nitrogens with one attached hydrogen (secondary N) is 3. The fraction of sp³-hybridized carbons (Fsp3) is 0.467. The van der Waals surface area contributed by atoms with Gasteiger partial charge in [-0.1, -0.05) is 36.7 Å². The quantitative estimate of drug-likeness (QED) is 0.348. The number of carbonyl (C=O) groups excluding carboxylic acids is 1. The van der Waals surface area contributed by atoms with Gasteiger partial charge < -0.3 is 16.0 Å². The topological polar surface area (TPSA) is 65.5 Å². The average molecular weight is 439 g/mol. The lowest BCUT2D eigenvalue weighted by atomic mass is 10.2. The third-order valence-electron chi connectivity index (χ3n) is 2.70. The molecule has 0 atom stereocenters. The summed E-state index contributed by atoms with van der Waals surface area (Å²) in [5, 5.41) is 9.60. The van der Waals surface area contributed by atoms with E-state index >= 15 is 0 Å². The lowest BCUT2D eigenvalue weighted by molar-refractivity contribution is -0.120. The molecule has 0 unspecified atom stereocenters. The van der Waals surface area contributed by atoms with Crippen molar-refractivity contribution < 1.29 is 4.79 Å². The second-order valence-electron chi connectivity index (χ2n) is 4.49. The second kappa shape index (κ2) is 12.5. The van der Waals surface area contributed by atoms with Crippen molar-refractivity contribution in [2.45, 2.75) is 26.8 Å². The van der Waals surface area contributed by atoms with E-state index in [2.05, 4.69) is 20.9 Å². The summed E-state index contributed by atoms with van der Waals surface area (Å²) < 4.78 is 0. The highest BCUT2D eigenvalue weighted by Gasteiger charge is 2.03. The van der Waals surface area contributed by atoms with Crippen molar-refractivity contribution in [1.29, 1.82) is 0 Å². The Kier molecular flexibility index (Phi) is 11.9. The fourth-order valence-corrected chi connectivity index (χ4v) is 1.82. The first-order valence-corrected chi connectivity index (χ1v) is 7.57. The van der Waals surface area contributed by atoms with Crippen molar-refractivity contribution in [3.8, 4) is 0 Å². The lowest BCUT2D eigenvalue weighted by Crippen LogP contribution is -2.43. The van der Waals surface area contributed by atoms with E-state index in [0.29, 0.717) is 24.1 Å². The zero-order valence-corrected chi connectivity index (χ0v) is 16.1. The summed E-state index contributed by atoms with van der Waals surface area (Å²) in [6.45, 7) is 6.07. The summed E-state index contributed by atoms with van der Waals surface area (Å²) in [4.78, 5) is 16.0. The van der Waals surface area contributed by atoms with E-state index in [0.717, 1.165) is 18.5 Å². The van der Waals surface area contributed by atoms with Gasteiger partial charge in [0.25, 0.3) is 0 Å². The number of guanidine groups is 1. The van der Waals surface area contributed by atoms with Crippen molar-refractivity contribution in [3.05, 3.63) is 34.9 Å². The minimum absolute atomic E-state index is 0. The first kappa shape index (κ1) is 21.0. The van der Waals surface area contributed by atoms with Gasteiger partial charge in [-0.05, 0) is 25.0 Å². The summed E-state index contributed by atoms with van der Waals surface area (Å²) in [5.41, 5.74) is 0.951. The number of rotatable bonds is 7.